The third-order valence-electron chi connectivity index (χ3n) is 1.13. The van der Waals surface area contributed by atoms with Crippen LogP contribution in [0.15, 0.2) is 22.8 Å². The minimum absolute atomic E-state index is 0. The van der Waals surface area contributed by atoms with Gasteiger partial charge in [-0.15, -0.1) is 12.4 Å². The highest BCUT2D eigenvalue weighted by Gasteiger charge is 1.91. The van der Waals surface area contributed by atoms with Gasteiger partial charge in [-0.25, -0.2) is 4.98 Å². The zero-order chi connectivity index (χ0) is 7.40. The molecule has 0 fully saturated rings. The molecule has 62 valence electrons. The van der Waals surface area contributed by atoms with Gasteiger partial charge in [-0.2, -0.15) is 0 Å². The fourth-order valence-corrected chi connectivity index (χ4v) is 1.11. The molecule has 1 heterocycles. The Morgan fingerprint density at radius 1 is 1.55 bits per heavy atom. The molecule has 0 unspecified atom stereocenters. The van der Waals surface area contributed by atoms with Crippen molar-refractivity contribution in [2.24, 2.45) is 0 Å². The van der Waals surface area contributed by atoms with Crippen LogP contribution in [0.5, 0.6) is 0 Å². The lowest BCUT2D eigenvalue weighted by Gasteiger charge is -1.97. The summed E-state index contributed by atoms with van der Waals surface area (Å²) in [6.07, 6.45) is 0. The van der Waals surface area contributed by atoms with E-state index in [4.69, 9.17) is 0 Å². The van der Waals surface area contributed by atoms with Crippen LogP contribution in [0, 0.1) is 0 Å². The molecule has 4 heteroatoms. The standard InChI is InChI=1S/C7H9BrN2.ClH/c1-9-5-6-3-2-4-7(8)10-6;/h2-4,9H,5H2,1H3;1H. The molecule has 0 aromatic carbocycles. The average Bonchev–Trinajstić information content (AvgIpc) is 1.88. The van der Waals surface area contributed by atoms with Gasteiger partial charge in [-0.3, -0.25) is 0 Å². The molecular formula is C7H10BrClN2. The van der Waals surface area contributed by atoms with Gasteiger partial charge in [0.2, 0.25) is 0 Å². The Morgan fingerprint density at radius 2 is 2.27 bits per heavy atom. The third kappa shape index (κ3) is 3.70. The molecule has 0 saturated carbocycles. The zero-order valence-corrected chi connectivity index (χ0v) is 8.58. The summed E-state index contributed by atoms with van der Waals surface area (Å²) < 4.78 is 0.889. The number of pyridine rings is 1. The molecule has 0 radical (unpaired) electrons. The summed E-state index contributed by atoms with van der Waals surface area (Å²) in [4.78, 5) is 4.22. The zero-order valence-electron chi connectivity index (χ0n) is 6.17. The van der Waals surface area contributed by atoms with E-state index in [-0.39, 0.29) is 12.4 Å². The van der Waals surface area contributed by atoms with Crippen LogP contribution in [0.4, 0.5) is 0 Å². The van der Waals surface area contributed by atoms with Crippen molar-refractivity contribution >= 4 is 28.3 Å². The molecule has 0 amide bonds. The van der Waals surface area contributed by atoms with Gasteiger partial charge in [0.1, 0.15) is 4.60 Å². The van der Waals surface area contributed by atoms with E-state index in [0.29, 0.717) is 0 Å². The highest BCUT2D eigenvalue weighted by Crippen LogP contribution is 2.05. The lowest BCUT2D eigenvalue weighted by molar-refractivity contribution is 0.788. The van der Waals surface area contributed by atoms with Crippen LogP contribution in [0.2, 0.25) is 0 Å². The van der Waals surface area contributed by atoms with Gasteiger partial charge in [0.15, 0.2) is 0 Å². The number of nitrogens with one attached hydrogen (secondary N) is 1. The highest BCUT2D eigenvalue weighted by molar-refractivity contribution is 9.10. The van der Waals surface area contributed by atoms with Crippen LogP contribution in [-0.2, 0) is 6.54 Å². The summed E-state index contributed by atoms with van der Waals surface area (Å²) in [5.41, 5.74) is 1.05. The summed E-state index contributed by atoms with van der Waals surface area (Å²) in [5.74, 6) is 0. The molecule has 0 bridgehead atoms. The van der Waals surface area contributed by atoms with Crippen LogP contribution in [0.3, 0.4) is 0 Å². The Bertz CT molecular complexity index is 217. The number of hydrogen-bond donors (Lipinski definition) is 1. The molecular weight excluding hydrogens is 227 g/mol. The maximum atomic E-state index is 4.22. The van der Waals surface area contributed by atoms with E-state index in [9.17, 15) is 0 Å². The first-order valence-electron chi connectivity index (χ1n) is 3.09. The van der Waals surface area contributed by atoms with Crippen molar-refractivity contribution in [2.75, 3.05) is 7.05 Å². The fourth-order valence-electron chi connectivity index (χ4n) is 0.730. The number of nitrogens with zero attached hydrogens (tertiary/aromatic N) is 1. The van der Waals surface area contributed by atoms with Crippen molar-refractivity contribution in [3.8, 4) is 0 Å². The SMILES string of the molecule is CNCc1cccc(Br)n1.Cl. The van der Waals surface area contributed by atoms with Gasteiger partial charge in [0, 0.05) is 6.54 Å². The van der Waals surface area contributed by atoms with Gasteiger partial charge in [-0.05, 0) is 35.1 Å². The maximum absolute atomic E-state index is 4.22. The minimum atomic E-state index is 0. The van der Waals surface area contributed by atoms with Crippen LogP contribution < -0.4 is 5.32 Å². The summed E-state index contributed by atoms with van der Waals surface area (Å²) >= 11 is 3.29. The van der Waals surface area contributed by atoms with E-state index in [1.165, 1.54) is 0 Å². The van der Waals surface area contributed by atoms with Crippen molar-refractivity contribution in [3.05, 3.63) is 28.5 Å². The first-order chi connectivity index (χ1) is 4.83. The van der Waals surface area contributed by atoms with E-state index < -0.39 is 0 Å². The molecule has 0 spiro atoms. The van der Waals surface area contributed by atoms with E-state index in [0.717, 1.165) is 16.8 Å². The summed E-state index contributed by atoms with van der Waals surface area (Å²) in [7, 11) is 1.91. The van der Waals surface area contributed by atoms with Crippen molar-refractivity contribution < 1.29 is 0 Å². The smallest absolute Gasteiger partial charge is 0.106 e. The molecule has 1 N–H and O–H groups in total. The molecule has 1 aromatic heterocycles. The average molecular weight is 238 g/mol. The lowest BCUT2D eigenvalue weighted by Crippen LogP contribution is -2.06. The Labute approximate surface area is 81.0 Å². The second-order valence-corrected chi connectivity index (χ2v) is 2.79. The predicted octanol–water partition coefficient (Wildman–Crippen LogP) is 1.99. The summed E-state index contributed by atoms with van der Waals surface area (Å²) in [6.45, 7) is 0.819. The van der Waals surface area contributed by atoms with Crippen LogP contribution in [0.1, 0.15) is 5.69 Å². The Hall–Kier alpha value is -0.120. The quantitative estimate of drug-likeness (QED) is 0.796. The molecule has 11 heavy (non-hydrogen) atoms. The molecule has 2 nitrogen and oxygen atoms in total. The molecule has 0 aliphatic heterocycles. The monoisotopic (exact) mass is 236 g/mol. The van der Waals surface area contributed by atoms with Gasteiger partial charge in [-0.1, -0.05) is 6.07 Å². The molecule has 1 rings (SSSR count). The van der Waals surface area contributed by atoms with E-state index in [2.05, 4.69) is 26.2 Å². The number of aromatic nitrogens is 1. The Morgan fingerprint density at radius 3 is 2.82 bits per heavy atom. The molecule has 1 aromatic rings. The molecule has 0 aliphatic rings. The fraction of sp³-hybridized carbons (Fsp3) is 0.286. The van der Waals surface area contributed by atoms with Gasteiger partial charge < -0.3 is 5.32 Å². The predicted molar refractivity (Wildman–Crippen MR) is 51.9 cm³/mol. The summed E-state index contributed by atoms with van der Waals surface area (Å²) in [6, 6.07) is 5.88. The first-order valence-corrected chi connectivity index (χ1v) is 3.88. The third-order valence-corrected chi connectivity index (χ3v) is 1.57. The van der Waals surface area contributed by atoms with Gasteiger partial charge in [0.05, 0.1) is 5.69 Å². The van der Waals surface area contributed by atoms with Gasteiger partial charge in [0.25, 0.3) is 0 Å². The van der Waals surface area contributed by atoms with E-state index >= 15 is 0 Å². The minimum Gasteiger partial charge on any atom is -0.314 e. The van der Waals surface area contributed by atoms with Crippen molar-refractivity contribution in [1.29, 1.82) is 0 Å². The van der Waals surface area contributed by atoms with Crippen molar-refractivity contribution in [2.45, 2.75) is 6.54 Å². The van der Waals surface area contributed by atoms with Crippen LogP contribution >= 0.6 is 28.3 Å². The number of halogens is 2. The second-order valence-electron chi connectivity index (χ2n) is 1.98. The lowest BCUT2D eigenvalue weighted by atomic mass is 10.3. The number of hydrogen-bond acceptors (Lipinski definition) is 2. The van der Waals surface area contributed by atoms with Gasteiger partial charge >= 0.3 is 0 Å². The number of rotatable bonds is 2. The normalized spacial score (nSPS) is 8.91. The Balaban J connectivity index is 0.000001000. The molecule has 0 saturated heterocycles. The largest absolute Gasteiger partial charge is 0.314 e. The Kier molecular flexibility index (Phi) is 5.46. The molecule has 0 aliphatic carbocycles. The topological polar surface area (TPSA) is 24.9 Å². The van der Waals surface area contributed by atoms with Crippen LogP contribution in [-0.4, -0.2) is 12.0 Å². The van der Waals surface area contributed by atoms with Crippen LogP contribution in [0.25, 0.3) is 0 Å². The first kappa shape index (κ1) is 10.9. The summed E-state index contributed by atoms with van der Waals surface area (Å²) in [5, 5.41) is 3.03. The van der Waals surface area contributed by atoms with E-state index in [1.54, 1.807) is 0 Å². The maximum Gasteiger partial charge on any atom is 0.106 e. The van der Waals surface area contributed by atoms with E-state index in [1.807, 2.05) is 25.2 Å². The second kappa shape index (κ2) is 5.52. The van der Waals surface area contributed by atoms with Crippen molar-refractivity contribution in [1.82, 2.24) is 10.3 Å². The highest BCUT2D eigenvalue weighted by atomic mass is 79.9. The molecule has 0 atom stereocenters. The van der Waals surface area contributed by atoms with Crippen molar-refractivity contribution in [3.63, 3.8) is 0 Å².